The standard InChI is InChI=1S/C24H26FN3O2/c1-3-28(18(2)21-8-10-22(25)11-9-21)24(29)27-16-19-6-12-23(13-7-19)30-17-20-5-4-14-26-15-20/h4-15,18H,3,16-17H2,1-2H3,(H,27,29)/t18-/m0/s1. The summed E-state index contributed by atoms with van der Waals surface area (Å²) in [5, 5.41) is 2.95. The van der Waals surface area contributed by atoms with Crippen LogP contribution in [0.5, 0.6) is 5.75 Å². The van der Waals surface area contributed by atoms with Crippen LogP contribution >= 0.6 is 0 Å². The number of urea groups is 1. The van der Waals surface area contributed by atoms with Gasteiger partial charge >= 0.3 is 6.03 Å². The van der Waals surface area contributed by atoms with Gasteiger partial charge in [-0.2, -0.15) is 0 Å². The number of amides is 2. The summed E-state index contributed by atoms with van der Waals surface area (Å²) in [4.78, 5) is 18.5. The summed E-state index contributed by atoms with van der Waals surface area (Å²) in [6.07, 6.45) is 3.50. The first-order valence-corrected chi connectivity index (χ1v) is 9.97. The van der Waals surface area contributed by atoms with Gasteiger partial charge in [-0.15, -0.1) is 0 Å². The van der Waals surface area contributed by atoms with Crippen molar-refractivity contribution in [1.29, 1.82) is 0 Å². The number of nitrogens with one attached hydrogen (secondary N) is 1. The molecule has 3 rings (SSSR count). The smallest absolute Gasteiger partial charge is 0.318 e. The van der Waals surface area contributed by atoms with Crippen LogP contribution in [0.25, 0.3) is 0 Å². The normalized spacial score (nSPS) is 11.6. The highest BCUT2D eigenvalue weighted by molar-refractivity contribution is 5.74. The predicted molar refractivity (Wildman–Crippen MR) is 114 cm³/mol. The zero-order valence-electron chi connectivity index (χ0n) is 17.2. The first-order chi connectivity index (χ1) is 14.6. The number of hydrogen-bond acceptors (Lipinski definition) is 3. The van der Waals surface area contributed by atoms with Crippen LogP contribution in [0.3, 0.4) is 0 Å². The first-order valence-electron chi connectivity index (χ1n) is 9.97. The minimum absolute atomic E-state index is 0.154. The minimum atomic E-state index is -0.286. The van der Waals surface area contributed by atoms with E-state index >= 15 is 0 Å². The monoisotopic (exact) mass is 407 g/mol. The molecule has 0 fully saturated rings. The summed E-state index contributed by atoms with van der Waals surface area (Å²) in [6.45, 7) is 5.27. The van der Waals surface area contributed by atoms with E-state index in [1.807, 2.05) is 50.2 Å². The van der Waals surface area contributed by atoms with Gasteiger partial charge in [-0.3, -0.25) is 4.98 Å². The zero-order valence-corrected chi connectivity index (χ0v) is 17.2. The van der Waals surface area contributed by atoms with Gasteiger partial charge in [-0.1, -0.05) is 30.3 Å². The van der Waals surface area contributed by atoms with Gasteiger partial charge in [-0.25, -0.2) is 9.18 Å². The second-order valence-corrected chi connectivity index (χ2v) is 6.97. The van der Waals surface area contributed by atoms with Crippen LogP contribution in [0.1, 0.15) is 36.6 Å². The number of pyridine rings is 1. The van der Waals surface area contributed by atoms with Crippen molar-refractivity contribution in [1.82, 2.24) is 15.2 Å². The van der Waals surface area contributed by atoms with Gasteiger partial charge in [0.15, 0.2) is 0 Å². The van der Waals surface area contributed by atoms with Gasteiger partial charge < -0.3 is 15.0 Å². The molecule has 0 saturated carbocycles. The highest BCUT2D eigenvalue weighted by Crippen LogP contribution is 2.20. The van der Waals surface area contributed by atoms with E-state index < -0.39 is 0 Å². The molecule has 0 spiro atoms. The lowest BCUT2D eigenvalue weighted by Gasteiger charge is -2.28. The third kappa shape index (κ3) is 5.80. The number of benzene rings is 2. The second kappa shape index (κ2) is 10.4. The van der Waals surface area contributed by atoms with Crippen LogP contribution in [-0.4, -0.2) is 22.5 Å². The molecule has 0 aliphatic rings. The fraction of sp³-hybridized carbons (Fsp3) is 0.250. The molecule has 0 radical (unpaired) electrons. The first kappa shape index (κ1) is 21.3. The Labute approximate surface area is 176 Å². The average Bonchev–Trinajstić information content (AvgIpc) is 2.78. The van der Waals surface area contributed by atoms with Crippen LogP contribution in [0, 0.1) is 5.82 Å². The highest BCUT2D eigenvalue weighted by Gasteiger charge is 2.19. The number of rotatable bonds is 8. The van der Waals surface area contributed by atoms with Crippen LogP contribution in [0.2, 0.25) is 0 Å². The van der Waals surface area contributed by atoms with Crippen molar-refractivity contribution in [3.05, 3.63) is 95.6 Å². The molecule has 0 aliphatic carbocycles. The van der Waals surface area contributed by atoms with Gasteiger partial charge in [-0.05, 0) is 55.3 Å². The number of ether oxygens (including phenoxy) is 1. The Morgan fingerprint density at radius 2 is 1.83 bits per heavy atom. The molecule has 1 N–H and O–H groups in total. The molecular formula is C24H26FN3O2. The van der Waals surface area contributed by atoms with Crippen molar-refractivity contribution in [2.75, 3.05) is 6.54 Å². The van der Waals surface area contributed by atoms with Gasteiger partial charge in [0, 0.05) is 31.0 Å². The number of carbonyl (C=O) groups excluding carboxylic acids is 1. The number of nitrogens with zero attached hydrogens (tertiary/aromatic N) is 2. The molecule has 0 aliphatic heterocycles. The minimum Gasteiger partial charge on any atom is -0.489 e. The van der Waals surface area contributed by atoms with E-state index in [1.54, 1.807) is 29.4 Å². The summed E-state index contributed by atoms with van der Waals surface area (Å²) in [6, 6.07) is 17.4. The Morgan fingerprint density at radius 1 is 1.10 bits per heavy atom. The van der Waals surface area contributed by atoms with Crippen molar-refractivity contribution in [3.63, 3.8) is 0 Å². The lowest BCUT2D eigenvalue weighted by molar-refractivity contribution is 0.182. The summed E-state index contributed by atoms with van der Waals surface area (Å²) in [5.74, 6) is 0.473. The third-order valence-corrected chi connectivity index (χ3v) is 4.92. The maximum atomic E-state index is 13.2. The van der Waals surface area contributed by atoms with Crippen molar-refractivity contribution in [3.8, 4) is 5.75 Å². The number of aromatic nitrogens is 1. The SMILES string of the molecule is CCN(C(=O)NCc1ccc(OCc2cccnc2)cc1)[C@@H](C)c1ccc(F)cc1. The van der Waals surface area contributed by atoms with E-state index in [2.05, 4.69) is 10.3 Å². The zero-order chi connectivity index (χ0) is 21.3. The van der Waals surface area contributed by atoms with Gasteiger partial charge in [0.1, 0.15) is 18.2 Å². The topological polar surface area (TPSA) is 54.5 Å². The van der Waals surface area contributed by atoms with Crippen molar-refractivity contribution in [2.45, 2.75) is 33.0 Å². The Balaban J connectivity index is 1.52. The number of halogens is 1. The number of hydrogen-bond donors (Lipinski definition) is 1. The van der Waals surface area contributed by atoms with Crippen LogP contribution in [-0.2, 0) is 13.2 Å². The molecular weight excluding hydrogens is 381 g/mol. The Kier molecular flexibility index (Phi) is 7.38. The van der Waals surface area contributed by atoms with Crippen molar-refractivity contribution >= 4 is 6.03 Å². The largest absolute Gasteiger partial charge is 0.489 e. The molecule has 1 atom stereocenters. The average molecular weight is 407 g/mol. The summed E-state index contributed by atoms with van der Waals surface area (Å²) >= 11 is 0. The molecule has 156 valence electrons. The highest BCUT2D eigenvalue weighted by atomic mass is 19.1. The molecule has 5 nitrogen and oxygen atoms in total. The van der Waals surface area contributed by atoms with E-state index in [9.17, 15) is 9.18 Å². The van der Waals surface area contributed by atoms with E-state index in [0.717, 1.165) is 22.4 Å². The molecule has 1 heterocycles. The fourth-order valence-electron chi connectivity index (χ4n) is 3.15. The molecule has 3 aromatic rings. The number of carbonyl (C=O) groups is 1. The van der Waals surface area contributed by atoms with Crippen molar-refractivity contribution in [2.24, 2.45) is 0 Å². The fourth-order valence-corrected chi connectivity index (χ4v) is 3.15. The lowest BCUT2D eigenvalue weighted by Crippen LogP contribution is -2.41. The molecule has 2 aromatic carbocycles. The third-order valence-electron chi connectivity index (χ3n) is 4.92. The van der Waals surface area contributed by atoms with Crippen LogP contribution in [0.15, 0.2) is 73.1 Å². The van der Waals surface area contributed by atoms with E-state index in [0.29, 0.717) is 19.7 Å². The van der Waals surface area contributed by atoms with Crippen LogP contribution in [0.4, 0.5) is 9.18 Å². The Bertz CT molecular complexity index is 931. The van der Waals surface area contributed by atoms with E-state index in [4.69, 9.17) is 4.74 Å². The summed E-state index contributed by atoms with van der Waals surface area (Å²) < 4.78 is 18.9. The molecule has 0 unspecified atom stereocenters. The maximum Gasteiger partial charge on any atom is 0.318 e. The van der Waals surface area contributed by atoms with Gasteiger partial charge in [0.05, 0.1) is 6.04 Å². The van der Waals surface area contributed by atoms with Gasteiger partial charge in [0.2, 0.25) is 0 Å². The predicted octanol–water partition coefficient (Wildman–Crippen LogP) is 5.09. The molecule has 30 heavy (non-hydrogen) atoms. The van der Waals surface area contributed by atoms with Crippen LogP contribution < -0.4 is 10.1 Å². The second-order valence-electron chi connectivity index (χ2n) is 6.97. The van der Waals surface area contributed by atoms with Crippen molar-refractivity contribution < 1.29 is 13.9 Å². The Hall–Kier alpha value is -3.41. The Morgan fingerprint density at radius 3 is 2.47 bits per heavy atom. The van der Waals surface area contributed by atoms with E-state index in [-0.39, 0.29) is 17.9 Å². The maximum absolute atomic E-state index is 13.2. The molecule has 6 heteroatoms. The van der Waals surface area contributed by atoms with E-state index in [1.165, 1.54) is 12.1 Å². The van der Waals surface area contributed by atoms with Gasteiger partial charge in [0.25, 0.3) is 0 Å². The molecule has 0 saturated heterocycles. The summed E-state index contributed by atoms with van der Waals surface area (Å²) in [7, 11) is 0. The molecule has 2 amide bonds. The quantitative estimate of drug-likeness (QED) is 0.566. The molecule has 1 aromatic heterocycles. The summed E-state index contributed by atoms with van der Waals surface area (Å²) in [5.41, 5.74) is 2.87. The lowest BCUT2D eigenvalue weighted by atomic mass is 10.1. The molecule has 0 bridgehead atoms.